The zero-order valence-corrected chi connectivity index (χ0v) is 19.3. The van der Waals surface area contributed by atoms with Gasteiger partial charge in [0, 0.05) is 29.8 Å². The monoisotopic (exact) mass is 476 g/mol. The molecule has 2 aromatic heterocycles. The van der Waals surface area contributed by atoms with Gasteiger partial charge in [0.05, 0.1) is 24.1 Å². The molecule has 0 aliphatic heterocycles. The Kier molecular flexibility index (Phi) is 6.11. The Balaban J connectivity index is 1.54. The van der Waals surface area contributed by atoms with Gasteiger partial charge in [-0.25, -0.2) is 13.8 Å². The van der Waals surface area contributed by atoms with Crippen LogP contribution >= 0.6 is 0 Å². The maximum absolute atomic E-state index is 13.0. The minimum absolute atomic E-state index is 0.0712. The van der Waals surface area contributed by atoms with E-state index in [-0.39, 0.29) is 17.7 Å². The number of nitrogens with one attached hydrogen (secondary N) is 2. The van der Waals surface area contributed by atoms with Gasteiger partial charge in [-0.15, -0.1) is 0 Å². The molecule has 180 valence electrons. The van der Waals surface area contributed by atoms with Crippen LogP contribution in [-0.4, -0.2) is 39.4 Å². The summed E-state index contributed by atoms with van der Waals surface area (Å²) in [7, 11) is 0. The van der Waals surface area contributed by atoms with Crippen molar-refractivity contribution in [2.75, 3.05) is 11.9 Å². The van der Waals surface area contributed by atoms with Crippen LogP contribution in [-0.2, 0) is 6.42 Å². The Morgan fingerprint density at radius 2 is 2.00 bits per heavy atom. The van der Waals surface area contributed by atoms with Crippen molar-refractivity contribution in [1.29, 1.82) is 0 Å². The number of amides is 1. The molecule has 0 unspecified atom stereocenters. The summed E-state index contributed by atoms with van der Waals surface area (Å²) in [6.07, 6.45) is 3.56. The Bertz CT molecular complexity index is 1400. The number of para-hydroxylation sites is 1. The van der Waals surface area contributed by atoms with Crippen molar-refractivity contribution in [3.63, 3.8) is 0 Å². The molecule has 0 atom stereocenters. The van der Waals surface area contributed by atoms with Gasteiger partial charge in [-0.1, -0.05) is 24.3 Å². The summed E-state index contributed by atoms with van der Waals surface area (Å²) in [5.74, 6) is 0.106. The number of hydrogen-bond donors (Lipinski definition) is 3. The van der Waals surface area contributed by atoms with E-state index in [1.807, 2.05) is 47.9 Å². The van der Waals surface area contributed by atoms with Gasteiger partial charge in [0.25, 0.3) is 12.3 Å². The number of fused-ring (bicyclic) bond motifs is 1. The van der Waals surface area contributed by atoms with E-state index in [2.05, 4.69) is 15.6 Å². The fourth-order valence-corrected chi connectivity index (χ4v) is 4.22. The number of alkyl halides is 2. The van der Waals surface area contributed by atoms with E-state index in [1.54, 1.807) is 24.4 Å². The molecule has 1 aliphatic rings. The molecule has 0 bridgehead atoms. The second kappa shape index (κ2) is 9.37. The summed E-state index contributed by atoms with van der Waals surface area (Å²) in [5, 5.41) is 16.0. The van der Waals surface area contributed by atoms with Crippen LogP contribution in [0.15, 0.2) is 60.9 Å². The predicted octanol–water partition coefficient (Wildman–Crippen LogP) is 5.18. The van der Waals surface area contributed by atoms with E-state index in [4.69, 9.17) is 0 Å². The number of nitrogens with zero attached hydrogens (tertiary/aromatic N) is 2. The Morgan fingerprint density at radius 3 is 2.71 bits per heavy atom. The van der Waals surface area contributed by atoms with Crippen molar-refractivity contribution in [2.24, 2.45) is 0 Å². The summed E-state index contributed by atoms with van der Waals surface area (Å²) in [6.45, 7) is 1.40. The van der Waals surface area contributed by atoms with Gasteiger partial charge in [-0.2, -0.15) is 0 Å². The van der Waals surface area contributed by atoms with Crippen LogP contribution in [0.5, 0.6) is 5.75 Å². The second-order valence-electron chi connectivity index (χ2n) is 8.95. The summed E-state index contributed by atoms with van der Waals surface area (Å²) >= 11 is 0. The number of imidazole rings is 1. The van der Waals surface area contributed by atoms with Crippen molar-refractivity contribution in [2.45, 2.75) is 38.7 Å². The molecule has 2 heterocycles. The van der Waals surface area contributed by atoms with Crippen LogP contribution in [0, 0.1) is 6.92 Å². The molecule has 1 aliphatic carbocycles. The number of carbonyl (C=O) groups is 1. The first-order valence-electron chi connectivity index (χ1n) is 11.6. The fraction of sp³-hybridized carbons (Fsp3) is 0.259. The minimum atomic E-state index is -2.51. The smallest absolute Gasteiger partial charge is 0.255 e. The highest BCUT2D eigenvalue weighted by Gasteiger charge is 2.24. The molecule has 8 heteroatoms. The van der Waals surface area contributed by atoms with E-state index in [9.17, 15) is 18.7 Å². The highest BCUT2D eigenvalue weighted by molar-refractivity contribution is 5.96. The first-order valence-corrected chi connectivity index (χ1v) is 11.6. The van der Waals surface area contributed by atoms with Gasteiger partial charge in [0.2, 0.25) is 0 Å². The van der Waals surface area contributed by atoms with Crippen molar-refractivity contribution in [3.05, 3.63) is 83.2 Å². The average molecular weight is 477 g/mol. The van der Waals surface area contributed by atoms with E-state index < -0.39 is 13.0 Å². The van der Waals surface area contributed by atoms with Gasteiger partial charge in [0.15, 0.2) is 5.65 Å². The van der Waals surface area contributed by atoms with Crippen LogP contribution in [0.2, 0.25) is 0 Å². The first-order chi connectivity index (χ1) is 16.9. The van der Waals surface area contributed by atoms with E-state index >= 15 is 0 Å². The molecule has 0 spiro atoms. The van der Waals surface area contributed by atoms with Crippen molar-refractivity contribution in [1.82, 2.24) is 14.7 Å². The minimum Gasteiger partial charge on any atom is -0.508 e. The fourth-order valence-electron chi connectivity index (χ4n) is 4.22. The molecule has 0 saturated heterocycles. The molecular weight excluding hydrogens is 450 g/mol. The van der Waals surface area contributed by atoms with Crippen LogP contribution < -0.4 is 10.6 Å². The Labute approximate surface area is 201 Å². The van der Waals surface area contributed by atoms with Crippen molar-refractivity contribution >= 4 is 17.2 Å². The normalized spacial score (nSPS) is 13.4. The SMILES string of the molecule is Cc1cc(-c2cnc3c(NCC(F)F)cc(Cc4ccccc4O)cn23)ccc1C(=O)NC1CC1. The van der Waals surface area contributed by atoms with Gasteiger partial charge < -0.3 is 15.7 Å². The summed E-state index contributed by atoms with van der Waals surface area (Å²) in [5.41, 5.74) is 5.68. The third-order valence-corrected chi connectivity index (χ3v) is 6.17. The van der Waals surface area contributed by atoms with Gasteiger partial charge in [-0.05, 0) is 60.7 Å². The molecule has 1 saturated carbocycles. The van der Waals surface area contributed by atoms with Crippen molar-refractivity contribution < 1.29 is 18.7 Å². The molecular formula is C27H26F2N4O2. The third kappa shape index (κ3) is 4.96. The highest BCUT2D eigenvalue weighted by Crippen LogP contribution is 2.30. The maximum Gasteiger partial charge on any atom is 0.255 e. The number of hydrogen-bond acceptors (Lipinski definition) is 4. The largest absolute Gasteiger partial charge is 0.508 e. The number of anilines is 1. The zero-order chi connectivity index (χ0) is 24.5. The molecule has 5 rings (SSSR count). The first kappa shape index (κ1) is 22.8. The van der Waals surface area contributed by atoms with E-state index in [1.165, 1.54) is 0 Å². The number of halogens is 2. The number of benzene rings is 2. The molecule has 35 heavy (non-hydrogen) atoms. The lowest BCUT2D eigenvalue weighted by atomic mass is 10.0. The molecule has 2 aromatic carbocycles. The number of pyridine rings is 1. The van der Waals surface area contributed by atoms with Gasteiger partial charge >= 0.3 is 0 Å². The highest BCUT2D eigenvalue weighted by atomic mass is 19.3. The van der Waals surface area contributed by atoms with Gasteiger partial charge in [0.1, 0.15) is 5.75 Å². The van der Waals surface area contributed by atoms with Crippen LogP contribution in [0.25, 0.3) is 16.9 Å². The number of aromatic hydroxyl groups is 1. The lowest BCUT2D eigenvalue weighted by Crippen LogP contribution is -2.26. The molecule has 3 N–H and O–H groups in total. The van der Waals surface area contributed by atoms with Crippen LogP contribution in [0.3, 0.4) is 0 Å². The Hall–Kier alpha value is -3.94. The number of phenols is 1. The number of aromatic nitrogens is 2. The predicted molar refractivity (Wildman–Crippen MR) is 131 cm³/mol. The molecule has 4 aromatic rings. The number of rotatable bonds is 8. The second-order valence-corrected chi connectivity index (χ2v) is 8.95. The number of carbonyl (C=O) groups excluding carboxylic acids is 1. The molecule has 0 radical (unpaired) electrons. The van der Waals surface area contributed by atoms with Gasteiger partial charge in [-0.3, -0.25) is 9.20 Å². The standard InChI is InChI=1S/C27H26F2N4O2/c1-16-10-18(6-9-21(16)27(35)32-20-7-8-20)23-13-31-26-22(30-14-25(28)29)12-17(15-33(23)26)11-19-4-2-3-5-24(19)34/h2-6,9-10,12-13,15,20,25,30,34H,7-8,11,14H2,1H3,(H,32,35). The van der Waals surface area contributed by atoms with E-state index in [0.29, 0.717) is 23.3 Å². The average Bonchev–Trinajstić information content (AvgIpc) is 3.54. The van der Waals surface area contributed by atoms with Crippen LogP contribution in [0.4, 0.5) is 14.5 Å². The topological polar surface area (TPSA) is 78.7 Å². The summed E-state index contributed by atoms with van der Waals surface area (Å²) < 4.78 is 27.8. The third-order valence-electron chi connectivity index (χ3n) is 6.17. The quantitative estimate of drug-likeness (QED) is 0.328. The van der Waals surface area contributed by atoms with Crippen molar-refractivity contribution in [3.8, 4) is 17.0 Å². The Morgan fingerprint density at radius 1 is 1.20 bits per heavy atom. The van der Waals surface area contributed by atoms with Crippen LogP contribution in [0.1, 0.15) is 39.9 Å². The van der Waals surface area contributed by atoms with E-state index in [0.717, 1.165) is 40.8 Å². The number of phenolic OH excluding ortho intramolecular Hbond substituents is 1. The molecule has 1 fully saturated rings. The summed E-state index contributed by atoms with van der Waals surface area (Å²) in [6, 6.07) is 14.7. The zero-order valence-electron chi connectivity index (χ0n) is 19.3. The lowest BCUT2D eigenvalue weighted by molar-refractivity contribution is 0.0950. The summed E-state index contributed by atoms with van der Waals surface area (Å²) in [4.78, 5) is 17.0. The lowest BCUT2D eigenvalue weighted by Gasteiger charge is -2.13. The number of aryl methyl sites for hydroxylation is 1. The molecule has 1 amide bonds. The maximum atomic E-state index is 13.0. The molecule has 6 nitrogen and oxygen atoms in total.